The topological polar surface area (TPSA) is 20.2 Å². The first-order valence-corrected chi connectivity index (χ1v) is 8.27. The molecule has 0 bridgehead atoms. The van der Waals surface area contributed by atoms with Gasteiger partial charge in [-0.2, -0.15) is 0 Å². The summed E-state index contributed by atoms with van der Waals surface area (Å²) in [6.07, 6.45) is 11.2. The lowest BCUT2D eigenvalue weighted by atomic mass is 9.65. The number of hydrogen-bond donors (Lipinski definition) is 1. The third-order valence-corrected chi connectivity index (χ3v) is 6.02. The van der Waals surface area contributed by atoms with E-state index in [1.807, 2.05) is 0 Å². The summed E-state index contributed by atoms with van der Waals surface area (Å²) in [6, 6.07) is 0. The zero-order chi connectivity index (χ0) is 13.2. The van der Waals surface area contributed by atoms with Gasteiger partial charge in [-0.3, -0.25) is 0 Å². The zero-order valence-corrected chi connectivity index (χ0v) is 12.6. The molecular formula is C17H32O. The second-order valence-electron chi connectivity index (χ2n) is 7.31. The van der Waals surface area contributed by atoms with Crippen molar-refractivity contribution in [2.45, 2.75) is 84.2 Å². The monoisotopic (exact) mass is 252 g/mol. The Morgan fingerprint density at radius 3 is 2.00 bits per heavy atom. The molecule has 1 N–H and O–H groups in total. The van der Waals surface area contributed by atoms with Gasteiger partial charge in [0.25, 0.3) is 0 Å². The van der Waals surface area contributed by atoms with E-state index >= 15 is 0 Å². The van der Waals surface area contributed by atoms with Crippen molar-refractivity contribution >= 4 is 0 Å². The number of aliphatic hydroxyl groups is 1. The molecule has 1 heteroatoms. The number of rotatable bonds is 3. The van der Waals surface area contributed by atoms with Gasteiger partial charge < -0.3 is 5.11 Å². The van der Waals surface area contributed by atoms with Crippen molar-refractivity contribution in [2.75, 3.05) is 0 Å². The van der Waals surface area contributed by atoms with E-state index in [1.54, 1.807) is 0 Å². The van der Waals surface area contributed by atoms with E-state index in [1.165, 1.54) is 44.9 Å². The fraction of sp³-hybridized carbons (Fsp3) is 1.00. The summed E-state index contributed by atoms with van der Waals surface area (Å²) in [4.78, 5) is 0. The summed E-state index contributed by atoms with van der Waals surface area (Å²) < 4.78 is 0. The van der Waals surface area contributed by atoms with Crippen molar-refractivity contribution in [3.05, 3.63) is 0 Å². The maximum Gasteiger partial charge on any atom is 0.0676 e. The lowest BCUT2D eigenvalue weighted by molar-refractivity contribution is -0.0778. The van der Waals surface area contributed by atoms with Gasteiger partial charge in [-0.1, -0.05) is 40.0 Å². The quantitative estimate of drug-likeness (QED) is 0.766. The van der Waals surface area contributed by atoms with Gasteiger partial charge in [0.1, 0.15) is 0 Å². The molecule has 2 rings (SSSR count). The van der Waals surface area contributed by atoms with Crippen LogP contribution in [-0.2, 0) is 0 Å². The molecule has 18 heavy (non-hydrogen) atoms. The van der Waals surface area contributed by atoms with Gasteiger partial charge >= 0.3 is 0 Å². The van der Waals surface area contributed by atoms with Crippen LogP contribution >= 0.6 is 0 Å². The van der Waals surface area contributed by atoms with Crippen LogP contribution in [0.2, 0.25) is 0 Å². The van der Waals surface area contributed by atoms with Gasteiger partial charge in [0.15, 0.2) is 0 Å². The van der Waals surface area contributed by atoms with Crippen molar-refractivity contribution < 1.29 is 5.11 Å². The molecule has 0 aromatic heterocycles. The molecule has 2 aliphatic rings. The van der Waals surface area contributed by atoms with Crippen molar-refractivity contribution in [3.8, 4) is 0 Å². The van der Waals surface area contributed by atoms with Gasteiger partial charge in [0, 0.05) is 0 Å². The molecule has 2 fully saturated rings. The molecule has 0 aromatic carbocycles. The van der Waals surface area contributed by atoms with Crippen molar-refractivity contribution in [3.63, 3.8) is 0 Å². The third-order valence-electron chi connectivity index (χ3n) is 6.02. The molecule has 0 unspecified atom stereocenters. The molecule has 0 spiro atoms. The van der Waals surface area contributed by atoms with Crippen LogP contribution in [0.1, 0.15) is 78.6 Å². The highest BCUT2D eigenvalue weighted by Crippen LogP contribution is 2.45. The molecule has 0 atom stereocenters. The van der Waals surface area contributed by atoms with E-state index in [2.05, 4.69) is 20.8 Å². The summed E-state index contributed by atoms with van der Waals surface area (Å²) in [5.74, 6) is 3.20. The highest BCUT2D eigenvalue weighted by atomic mass is 16.3. The Kier molecular flexibility index (Phi) is 4.75. The molecule has 106 valence electrons. The summed E-state index contributed by atoms with van der Waals surface area (Å²) >= 11 is 0. The predicted octanol–water partition coefficient (Wildman–Crippen LogP) is 4.78. The first kappa shape index (κ1) is 14.4. The fourth-order valence-electron chi connectivity index (χ4n) is 4.32. The number of hydrogen-bond acceptors (Lipinski definition) is 1. The minimum Gasteiger partial charge on any atom is -0.390 e. The SMILES string of the molecule is CCC1CCC(C2(O)CCC(C(C)C)CC2)CC1. The first-order valence-electron chi connectivity index (χ1n) is 8.27. The molecule has 0 amide bonds. The maximum atomic E-state index is 11.0. The van der Waals surface area contributed by atoms with E-state index in [4.69, 9.17) is 0 Å². The van der Waals surface area contributed by atoms with Crippen LogP contribution in [0, 0.1) is 23.7 Å². The van der Waals surface area contributed by atoms with Crippen LogP contribution in [0.4, 0.5) is 0 Å². The molecule has 0 aromatic rings. The van der Waals surface area contributed by atoms with Crippen LogP contribution in [0.15, 0.2) is 0 Å². The molecule has 0 radical (unpaired) electrons. The second kappa shape index (κ2) is 5.94. The van der Waals surface area contributed by atoms with Crippen molar-refractivity contribution in [1.29, 1.82) is 0 Å². The van der Waals surface area contributed by atoms with E-state index in [0.29, 0.717) is 5.92 Å². The van der Waals surface area contributed by atoms with Crippen molar-refractivity contribution in [1.82, 2.24) is 0 Å². The highest BCUT2D eigenvalue weighted by molar-refractivity contribution is 4.93. The van der Waals surface area contributed by atoms with Gasteiger partial charge in [-0.15, -0.1) is 0 Å². The van der Waals surface area contributed by atoms with Crippen LogP contribution in [0.5, 0.6) is 0 Å². The summed E-state index contributed by atoms with van der Waals surface area (Å²) in [5.41, 5.74) is -0.301. The Morgan fingerprint density at radius 2 is 1.56 bits per heavy atom. The van der Waals surface area contributed by atoms with Crippen LogP contribution in [-0.4, -0.2) is 10.7 Å². The van der Waals surface area contributed by atoms with E-state index in [0.717, 1.165) is 30.6 Å². The summed E-state index contributed by atoms with van der Waals surface area (Å²) in [5, 5.41) is 11.0. The molecule has 0 saturated heterocycles. The van der Waals surface area contributed by atoms with Gasteiger partial charge in [-0.25, -0.2) is 0 Å². The smallest absolute Gasteiger partial charge is 0.0676 e. The Balaban J connectivity index is 1.86. The Morgan fingerprint density at radius 1 is 1.00 bits per heavy atom. The standard InChI is InChI=1S/C17H32O/c1-4-14-5-7-16(8-6-14)17(18)11-9-15(10-12-17)13(2)3/h13-16,18H,4-12H2,1-3H3. The Bertz CT molecular complexity index is 242. The third kappa shape index (κ3) is 3.10. The molecule has 0 heterocycles. The Hall–Kier alpha value is -0.0400. The predicted molar refractivity (Wildman–Crippen MR) is 77.5 cm³/mol. The van der Waals surface area contributed by atoms with E-state index < -0.39 is 0 Å². The minimum atomic E-state index is -0.301. The van der Waals surface area contributed by atoms with Crippen LogP contribution < -0.4 is 0 Å². The molecule has 2 aliphatic carbocycles. The van der Waals surface area contributed by atoms with Crippen LogP contribution in [0.3, 0.4) is 0 Å². The van der Waals surface area contributed by atoms with Crippen molar-refractivity contribution in [2.24, 2.45) is 23.7 Å². The molecule has 1 nitrogen and oxygen atoms in total. The second-order valence-corrected chi connectivity index (χ2v) is 7.31. The van der Waals surface area contributed by atoms with Gasteiger partial charge in [0.2, 0.25) is 0 Å². The summed E-state index contributed by atoms with van der Waals surface area (Å²) in [6.45, 7) is 6.98. The lowest BCUT2D eigenvalue weighted by Gasteiger charge is -2.45. The first-order chi connectivity index (χ1) is 8.55. The molecule has 2 saturated carbocycles. The van der Waals surface area contributed by atoms with E-state index in [9.17, 15) is 5.11 Å². The zero-order valence-electron chi connectivity index (χ0n) is 12.6. The molecular weight excluding hydrogens is 220 g/mol. The lowest BCUT2D eigenvalue weighted by Crippen LogP contribution is -2.43. The molecule has 0 aliphatic heterocycles. The maximum absolute atomic E-state index is 11.0. The largest absolute Gasteiger partial charge is 0.390 e. The average molecular weight is 252 g/mol. The summed E-state index contributed by atoms with van der Waals surface area (Å²) in [7, 11) is 0. The minimum absolute atomic E-state index is 0.301. The fourth-order valence-corrected chi connectivity index (χ4v) is 4.32. The normalized spacial score (nSPS) is 42.2. The van der Waals surface area contributed by atoms with Crippen LogP contribution in [0.25, 0.3) is 0 Å². The highest BCUT2D eigenvalue weighted by Gasteiger charge is 2.41. The average Bonchev–Trinajstić information content (AvgIpc) is 2.39. The van der Waals surface area contributed by atoms with Gasteiger partial charge in [0.05, 0.1) is 5.60 Å². The Labute approximate surface area is 113 Å². The van der Waals surface area contributed by atoms with Gasteiger partial charge in [-0.05, 0) is 62.2 Å². The van der Waals surface area contributed by atoms with E-state index in [-0.39, 0.29) is 5.60 Å².